The molecule has 4 N–H and O–H groups in total. The largest absolute Gasteiger partial charge is 0.398 e. The lowest BCUT2D eigenvalue weighted by Gasteiger charge is -2.09. The Hall–Kier alpha value is -1.38. The summed E-state index contributed by atoms with van der Waals surface area (Å²) in [5, 5.41) is 0. The molecule has 2 aromatic rings. The first kappa shape index (κ1) is 15.6. The molecule has 0 bridgehead atoms. The van der Waals surface area contributed by atoms with Gasteiger partial charge in [0.05, 0.1) is 0 Å². The third-order valence-corrected chi connectivity index (χ3v) is 2.52. The Labute approximate surface area is 114 Å². The average Bonchev–Trinajstić information content (AvgIpc) is 2.25. The molecule has 0 atom stereocenters. The highest BCUT2D eigenvalue weighted by atomic mass is 35.5. The van der Waals surface area contributed by atoms with Crippen molar-refractivity contribution in [3.63, 3.8) is 0 Å². The molecule has 0 radical (unpaired) electrons. The number of rotatable bonds is 1. The van der Waals surface area contributed by atoms with Crippen LogP contribution in [0.5, 0.6) is 0 Å². The zero-order valence-corrected chi connectivity index (χ0v) is 11.1. The lowest BCUT2D eigenvalue weighted by atomic mass is 10.0. The maximum atomic E-state index is 5.97. The molecule has 0 saturated carbocycles. The molecular formula is C13H16Cl2N2. The fraction of sp³-hybridized carbons (Fsp3) is 0.0769. The Morgan fingerprint density at radius 3 is 2.00 bits per heavy atom. The van der Waals surface area contributed by atoms with E-state index in [0.29, 0.717) is 0 Å². The maximum Gasteiger partial charge on any atom is 0.0397 e. The third kappa shape index (κ3) is 3.29. The van der Waals surface area contributed by atoms with Gasteiger partial charge in [0.15, 0.2) is 0 Å². The van der Waals surface area contributed by atoms with Gasteiger partial charge in [-0.1, -0.05) is 30.3 Å². The standard InChI is InChI=1S/C13H14N2.2ClH/c1-9-7-13(15)11(8-12(9)14)10-5-3-2-4-6-10;;/h2-8H,14-15H2,1H3;2*1H. The Balaban J connectivity index is 0.00000128. The molecule has 0 aromatic heterocycles. The molecule has 0 amide bonds. The van der Waals surface area contributed by atoms with Crippen LogP contribution >= 0.6 is 24.8 Å². The summed E-state index contributed by atoms with van der Waals surface area (Å²) in [4.78, 5) is 0. The van der Waals surface area contributed by atoms with Crippen LogP contribution in [0.2, 0.25) is 0 Å². The minimum Gasteiger partial charge on any atom is -0.398 e. The molecule has 17 heavy (non-hydrogen) atoms. The van der Waals surface area contributed by atoms with Crippen LogP contribution in [-0.4, -0.2) is 0 Å². The van der Waals surface area contributed by atoms with Crippen LogP contribution in [0.4, 0.5) is 11.4 Å². The highest BCUT2D eigenvalue weighted by Crippen LogP contribution is 2.29. The van der Waals surface area contributed by atoms with Crippen molar-refractivity contribution in [1.82, 2.24) is 0 Å². The van der Waals surface area contributed by atoms with Gasteiger partial charge < -0.3 is 11.5 Å². The van der Waals surface area contributed by atoms with Crippen LogP contribution < -0.4 is 11.5 Å². The van der Waals surface area contributed by atoms with Gasteiger partial charge in [-0.3, -0.25) is 0 Å². The first-order valence-corrected chi connectivity index (χ1v) is 4.89. The Kier molecular flexibility index (Phi) is 5.86. The zero-order chi connectivity index (χ0) is 10.8. The molecular weight excluding hydrogens is 255 g/mol. The van der Waals surface area contributed by atoms with Gasteiger partial charge in [0, 0.05) is 16.9 Å². The van der Waals surface area contributed by atoms with Crippen molar-refractivity contribution in [2.45, 2.75) is 6.92 Å². The van der Waals surface area contributed by atoms with E-state index in [1.165, 1.54) is 0 Å². The van der Waals surface area contributed by atoms with Crippen molar-refractivity contribution >= 4 is 36.2 Å². The quantitative estimate of drug-likeness (QED) is 0.777. The van der Waals surface area contributed by atoms with Gasteiger partial charge >= 0.3 is 0 Å². The molecule has 2 nitrogen and oxygen atoms in total. The summed E-state index contributed by atoms with van der Waals surface area (Å²) in [5.41, 5.74) is 16.5. The lowest BCUT2D eigenvalue weighted by molar-refractivity contribution is 1.47. The number of aryl methyl sites for hydroxylation is 1. The van der Waals surface area contributed by atoms with E-state index in [9.17, 15) is 0 Å². The minimum atomic E-state index is 0. The number of anilines is 2. The number of hydrogen-bond acceptors (Lipinski definition) is 2. The second-order valence-corrected chi connectivity index (χ2v) is 3.66. The van der Waals surface area contributed by atoms with Gasteiger partial charge in [0.2, 0.25) is 0 Å². The molecule has 4 heteroatoms. The van der Waals surface area contributed by atoms with Crippen LogP contribution in [-0.2, 0) is 0 Å². The van der Waals surface area contributed by atoms with Gasteiger partial charge in [-0.05, 0) is 30.2 Å². The molecule has 0 saturated heterocycles. The fourth-order valence-electron chi connectivity index (χ4n) is 1.61. The van der Waals surface area contributed by atoms with Crippen molar-refractivity contribution in [3.05, 3.63) is 48.0 Å². The highest BCUT2D eigenvalue weighted by molar-refractivity contribution is 5.85. The Morgan fingerprint density at radius 2 is 1.41 bits per heavy atom. The van der Waals surface area contributed by atoms with Crippen molar-refractivity contribution in [3.8, 4) is 11.1 Å². The van der Waals surface area contributed by atoms with Gasteiger partial charge in [0.1, 0.15) is 0 Å². The van der Waals surface area contributed by atoms with E-state index in [2.05, 4.69) is 0 Å². The van der Waals surface area contributed by atoms with Crippen LogP contribution in [0.25, 0.3) is 11.1 Å². The second-order valence-electron chi connectivity index (χ2n) is 3.66. The molecule has 0 aliphatic carbocycles. The number of hydrogen-bond donors (Lipinski definition) is 2. The summed E-state index contributed by atoms with van der Waals surface area (Å²) in [6, 6.07) is 13.9. The van der Waals surface area contributed by atoms with E-state index in [1.807, 2.05) is 49.4 Å². The molecule has 2 aromatic carbocycles. The Bertz CT molecular complexity index is 484. The van der Waals surface area contributed by atoms with E-state index in [-0.39, 0.29) is 24.8 Å². The van der Waals surface area contributed by atoms with Crippen LogP contribution in [0, 0.1) is 6.92 Å². The van der Waals surface area contributed by atoms with Crippen LogP contribution in [0.15, 0.2) is 42.5 Å². The van der Waals surface area contributed by atoms with E-state index in [4.69, 9.17) is 11.5 Å². The molecule has 0 heterocycles. The second kappa shape index (κ2) is 6.38. The third-order valence-electron chi connectivity index (χ3n) is 2.52. The van der Waals surface area contributed by atoms with Gasteiger partial charge in [-0.15, -0.1) is 24.8 Å². The van der Waals surface area contributed by atoms with Crippen molar-refractivity contribution in [2.24, 2.45) is 0 Å². The summed E-state index contributed by atoms with van der Waals surface area (Å²) < 4.78 is 0. The first-order chi connectivity index (χ1) is 7.18. The first-order valence-electron chi connectivity index (χ1n) is 4.89. The minimum absolute atomic E-state index is 0. The van der Waals surface area contributed by atoms with Crippen molar-refractivity contribution in [2.75, 3.05) is 11.5 Å². The molecule has 0 fully saturated rings. The summed E-state index contributed by atoms with van der Waals surface area (Å²) in [6.45, 7) is 1.96. The fourth-order valence-corrected chi connectivity index (χ4v) is 1.61. The molecule has 0 unspecified atom stereocenters. The molecule has 92 valence electrons. The molecule has 0 aliphatic rings. The molecule has 2 rings (SSSR count). The zero-order valence-electron chi connectivity index (χ0n) is 9.51. The van der Waals surface area contributed by atoms with E-state index < -0.39 is 0 Å². The normalized spacial score (nSPS) is 9.00. The molecule has 0 spiro atoms. The summed E-state index contributed by atoms with van der Waals surface area (Å²) in [6.07, 6.45) is 0. The van der Waals surface area contributed by atoms with E-state index >= 15 is 0 Å². The SMILES string of the molecule is Cc1cc(N)c(-c2ccccc2)cc1N.Cl.Cl. The van der Waals surface area contributed by atoms with Gasteiger partial charge in [0.25, 0.3) is 0 Å². The highest BCUT2D eigenvalue weighted by Gasteiger charge is 2.04. The van der Waals surface area contributed by atoms with E-state index in [0.717, 1.165) is 28.1 Å². The average molecular weight is 271 g/mol. The maximum absolute atomic E-state index is 5.97. The number of benzene rings is 2. The molecule has 0 aliphatic heterocycles. The van der Waals surface area contributed by atoms with Crippen LogP contribution in [0.1, 0.15) is 5.56 Å². The number of nitrogen functional groups attached to an aromatic ring is 2. The number of nitrogens with two attached hydrogens (primary N) is 2. The number of halogens is 2. The smallest absolute Gasteiger partial charge is 0.0397 e. The predicted octanol–water partition coefficient (Wildman–Crippen LogP) is 3.67. The topological polar surface area (TPSA) is 52.0 Å². The van der Waals surface area contributed by atoms with Gasteiger partial charge in [-0.2, -0.15) is 0 Å². The monoisotopic (exact) mass is 270 g/mol. The van der Waals surface area contributed by atoms with Crippen molar-refractivity contribution < 1.29 is 0 Å². The summed E-state index contributed by atoms with van der Waals surface area (Å²) >= 11 is 0. The summed E-state index contributed by atoms with van der Waals surface area (Å²) in [7, 11) is 0. The predicted molar refractivity (Wildman–Crippen MR) is 79.9 cm³/mol. The van der Waals surface area contributed by atoms with Crippen molar-refractivity contribution in [1.29, 1.82) is 0 Å². The summed E-state index contributed by atoms with van der Waals surface area (Å²) in [5.74, 6) is 0. The van der Waals surface area contributed by atoms with Crippen LogP contribution in [0.3, 0.4) is 0 Å². The van der Waals surface area contributed by atoms with E-state index in [1.54, 1.807) is 0 Å². The van der Waals surface area contributed by atoms with Gasteiger partial charge in [-0.25, -0.2) is 0 Å². The lowest BCUT2D eigenvalue weighted by Crippen LogP contribution is -1.96. The Morgan fingerprint density at radius 1 is 0.824 bits per heavy atom.